The smallest absolute Gasteiger partial charge is 0.308 e. The van der Waals surface area contributed by atoms with Crippen molar-refractivity contribution in [3.63, 3.8) is 0 Å². The second kappa shape index (κ2) is 4.68. The van der Waals surface area contributed by atoms with Crippen LogP contribution in [0, 0.1) is 11.8 Å². The molecule has 1 nitrogen and oxygen atoms in total. The minimum absolute atomic E-state index is 0.0120. The molecule has 0 unspecified atom stereocenters. The number of nitrogens with one attached hydrogen (secondary N) is 1. The average Bonchev–Trinajstić information content (AvgIpc) is 1.99. The molecule has 15 heavy (non-hydrogen) atoms. The Hall–Kier alpha value is -0.320. The molecule has 0 radical (unpaired) electrons. The Kier molecular flexibility index (Phi) is 3.98. The Morgan fingerprint density at radius 2 is 1.80 bits per heavy atom. The van der Waals surface area contributed by atoms with Gasteiger partial charge in [0.1, 0.15) is 0 Å². The van der Waals surface area contributed by atoms with Gasteiger partial charge in [0.2, 0.25) is 0 Å². The molecule has 0 aromatic rings. The maximum absolute atomic E-state index is 12.5. The Morgan fingerprint density at radius 1 is 1.27 bits per heavy atom. The van der Waals surface area contributed by atoms with Gasteiger partial charge in [-0.1, -0.05) is 13.8 Å². The summed E-state index contributed by atoms with van der Waals surface area (Å²) >= 11 is 0. The standard InChI is InChI=1S/C10H17F4N/c1-6(2)7-3-8(4-7)15-5-10(13,14)9(11)12/h6-9,15H,3-5H2,1-2H3. The molecule has 0 atom stereocenters. The van der Waals surface area contributed by atoms with Gasteiger partial charge >= 0.3 is 12.3 Å². The van der Waals surface area contributed by atoms with Crippen LogP contribution in [0.4, 0.5) is 17.6 Å². The van der Waals surface area contributed by atoms with Crippen LogP contribution in [-0.2, 0) is 0 Å². The molecule has 1 aliphatic rings. The monoisotopic (exact) mass is 227 g/mol. The highest BCUT2D eigenvalue weighted by Crippen LogP contribution is 2.34. The summed E-state index contributed by atoms with van der Waals surface area (Å²) in [7, 11) is 0. The molecule has 0 bridgehead atoms. The predicted molar refractivity (Wildman–Crippen MR) is 50.3 cm³/mol. The second-order valence-corrected chi connectivity index (χ2v) is 4.62. The van der Waals surface area contributed by atoms with Crippen molar-refractivity contribution >= 4 is 0 Å². The van der Waals surface area contributed by atoms with Crippen molar-refractivity contribution in [3.8, 4) is 0 Å². The van der Waals surface area contributed by atoms with Crippen LogP contribution in [0.2, 0.25) is 0 Å². The van der Waals surface area contributed by atoms with Gasteiger partial charge in [0.15, 0.2) is 0 Å². The Balaban J connectivity index is 2.18. The van der Waals surface area contributed by atoms with Crippen LogP contribution in [0.1, 0.15) is 26.7 Å². The first kappa shape index (κ1) is 12.7. The molecule has 0 amide bonds. The SMILES string of the molecule is CC(C)C1CC(NCC(F)(F)C(F)F)C1. The van der Waals surface area contributed by atoms with Crippen molar-refractivity contribution in [2.75, 3.05) is 6.54 Å². The minimum atomic E-state index is -3.90. The Labute approximate surface area is 87.2 Å². The van der Waals surface area contributed by atoms with E-state index in [1.165, 1.54) is 0 Å². The number of rotatable bonds is 5. The van der Waals surface area contributed by atoms with Gasteiger partial charge in [0, 0.05) is 6.04 Å². The number of hydrogen-bond acceptors (Lipinski definition) is 1. The number of alkyl halides is 4. The van der Waals surface area contributed by atoms with Gasteiger partial charge in [0.25, 0.3) is 0 Å². The molecule has 1 aliphatic carbocycles. The average molecular weight is 227 g/mol. The first-order valence-electron chi connectivity index (χ1n) is 5.22. The van der Waals surface area contributed by atoms with Crippen molar-refractivity contribution < 1.29 is 17.6 Å². The van der Waals surface area contributed by atoms with E-state index in [4.69, 9.17) is 0 Å². The topological polar surface area (TPSA) is 12.0 Å². The first-order valence-corrected chi connectivity index (χ1v) is 5.22. The number of halogens is 4. The van der Waals surface area contributed by atoms with Crippen molar-refractivity contribution in [1.82, 2.24) is 5.32 Å². The molecule has 1 fully saturated rings. The second-order valence-electron chi connectivity index (χ2n) is 4.62. The van der Waals surface area contributed by atoms with Crippen LogP contribution in [0.15, 0.2) is 0 Å². The Bertz CT molecular complexity index is 200. The summed E-state index contributed by atoms with van der Waals surface area (Å²) < 4.78 is 48.6. The molecule has 1 N–H and O–H groups in total. The zero-order chi connectivity index (χ0) is 11.6. The summed E-state index contributed by atoms with van der Waals surface area (Å²) in [6, 6.07) is -0.0120. The molecular weight excluding hydrogens is 210 g/mol. The van der Waals surface area contributed by atoms with E-state index in [0.29, 0.717) is 11.8 Å². The van der Waals surface area contributed by atoms with Crippen LogP contribution in [0.3, 0.4) is 0 Å². The Morgan fingerprint density at radius 3 is 2.20 bits per heavy atom. The zero-order valence-electron chi connectivity index (χ0n) is 8.94. The van der Waals surface area contributed by atoms with Gasteiger partial charge in [-0.15, -0.1) is 0 Å². The van der Waals surface area contributed by atoms with Gasteiger partial charge in [-0.25, -0.2) is 8.78 Å². The van der Waals surface area contributed by atoms with E-state index in [9.17, 15) is 17.6 Å². The predicted octanol–water partition coefficient (Wildman–Crippen LogP) is 2.91. The van der Waals surface area contributed by atoms with Gasteiger partial charge in [-0.05, 0) is 24.7 Å². The van der Waals surface area contributed by atoms with Gasteiger partial charge in [-0.3, -0.25) is 0 Å². The lowest BCUT2D eigenvalue weighted by molar-refractivity contribution is -0.127. The lowest BCUT2D eigenvalue weighted by atomic mass is 9.73. The zero-order valence-corrected chi connectivity index (χ0v) is 8.94. The lowest BCUT2D eigenvalue weighted by Crippen LogP contribution is -2.49. The summed E-state index contributed by atoms with van der Waals surface area (Å²) in [4.78, 5) is 0. The van der Waals surface area contributed by atoms with E-state index in [2.05, 4.69) is 19.2 Å². The highest BCUT2D eigenvalue weighted by Gasteiger charge is 2.42. The third-order valence-electron chi connectivity index (χ3n) is 3.06. The van der Waals surface area contributed by atoms with E-state index in [1.54, 1.807) is 0 Å². The maximum atomic E-state index is 12.5. The molecule has 0 aromatic carbocycles. The molecule has 0 heterocycles. The van der Waals surface area contributed by atoms with Crippen LogP contribution in [-0.4, -0.2) is 24.9 Å². The first-order chi connectivity index (χ1) is 6.83. The molecule has 90 valence electrons. The summed E-state index contributed by atoms with van der Waals surface area (Å²) in [6.45, 7) is 3.24. The largest absolute Gasteiger partial charge is 0.319 e. The van der Waals surface area contributed by atoms with Gasteiger partial charge < -0.3 is 5.32 Å². The van der Waals surface area contributed by atoms with E-state index in [1.807, 2.05) is 0 Å². The van der Waals surface area contributed by atoms with Crippen LogP contribution >= 0.6 is 0 Å². The number of hydrogen-bond donors (Lipinski definition) is 1. The molecule has 0 aliphatic heterocycles. The highest BCUT2D eigenvalue weighted by molar-refractivity contribution is 4.88. The minimum Gasteiger partial charge on any atom is -0.308 e. The van der Waals surface area contributed by atoms with Crippen molar-refractivity contribution in [1.29, 1.82) is 0 Å². The van der Waals surface area contributed by atoms with Crippen molar-refractivity contribution in [3.05, 3.63) is 0 Å². The summed E-state index contributed by atoms with van der Waals surface area (Å²) in [5.41, 5.74) is 0. The van der Waals surface area contributed by atoms with Crippen LogP contribution in [0.5, 0.6) is 0 Å². The van der Waals surface area contributed by atoms with Crippen LogP contribution in [0.25, 0.3) is 0 Å². The third kappa shape index (κ3) is 3.33. The van der Waals surface area contributed by atoms with Crippen LogP contribution < -0.4 is 5.32 Å². The molecule has 1 saturated carbocycles. The molecule has 0 saturated heterocycles. The third-order valence-corrected chi connectivity index (χ3v) is 3.06. The fourth-order valence-electron chi connectivity index (χ4n) is 1.73. The van der Waals surface area contributed by atoms with E-state index < -0.39 is 18.9 Å². The summed E-state index contributed by atoms with van der Waals surface area (Å²) in [6.07, 6.45) is -1.94. The summed E-state index contributed by atoms with van der Waals surface area (Å²) in [5, 5.41) is 2.50. The molecule has 0 spiro atoms. The highest BCUT2D eigenvalue weighted by atomic mass is 19.3. The normalized spacial score (nSPS) is 27.2. The van der Waals surface area contributed by atoms with Crippen molar-refractivity contribution in [2.24, 2.45) is 11.8 Å². The quantitative estimate of drug-likeness (QED) is 0.712. The van der Waals surface area contributed by atoms with E-state index in [0.717, 1.165) is 12.8 Å². The fourth-order valence-corrected chi connectivity index (χ4v) is 1.73. The molecule has 0 aromatic heterocycles. The van der Waals surface area contributed by atoms with Crippen molar-refractivity contribution in [2.45, 2.75) is 45.1 Å². The maximum Gasteiger partial charge on any atom is 0.319 e. The summed E-state index contributed by atoms with van der Waals surface area (Å²) in [5.74, 6) is -2.82. The van der Waals surface area contributed by atoms with Gasteiger partial charge in [0.05, 0.1) is 6.54 Å². The fraction of sp³-hybridized carbons (Fsp3) is 1.00. The molecule has 1 rings (SSSR count). The molecule has 5 heteroatoms. The lowest BCUT2D eigenvalue weighted by Gasteiger charge is -2.39. The van der Waals surface area contributed by atoms with Gasteiger partial charge in [-0.2, -0.15) is 8.78 Å². The molecular formula is C10H17F4N. The van der Waals surface area contributed by atoms with E-state index in [-0.39, 0.29) is 6.04 Å². The van der Waals surface area contributed by atoms with E-state index >= 15 is 0 Å².